The minimum absolute atomic E-state index is 0.884. The van der Waals surface area contributed by atoms with E-state index in [1.54, 1.807) is 7.05 Å². The number of rotatable bonds is 2. The highest BCUT2D eigenvalue weighted by atomic mass is 15.4. The lowest BCUT2D eigenvalue weighted by Gasteiger charge is -1.98. The quantitative estimate of drug-likeness (QED) is 0.376. The lowest BCUT2D eigenvalue weighted by molar-refractivity contribution is 1.02. The van der Waals surface area contributed by atoms with E-state index >= 15 is 0 Å². The monoisotopic (exact) mass is 175 g/mol. The van der Waals surface area contributed by atoms with Gasteiger partial charge in [-0.3, -0.25) is 0 Å². The highest BCUT2D eigenvalue weighted by molar-refractivity contribution is 5.98. The van der Waals surface area contributed by atoms with Gasteiger partial charge in [-0.05, 0) is 24.6 Å². The topological polar surface area (TPSA) is 37.1 Å². The smallest absolute Gasteiger partial charge is 0.0689 e. The maximum atomic E-state index is 3.93. The third-order valence-electron chi connectivity index (χ3n) is 1.72. The molecule has 1 rings (SSSR count). The molecule has 0 N–H and O–H groups in total. The number of benzene rings is 1. The van der Waals surface area contributed by atoms with Gasteiger partial charge in [0.15, 0.2) is 0 Å². The van der Waals surface area contributed by atoms with E-state index in [9.17, 15) is 0 Å². The van der Waals surface area contributed by atoms with Crippen molar-refractivity contribution in [3.63, 3.8) is 0 Å². The van der Waals surface area contributed by atoms with Crippen LogP contribution in [0.4, 0.5) is 0 Å². The lowest BCUT2D eigenvalue weighted by atomic mass is 10.1. The van der Waals surface area contributed by atoms with Crippen LogP contribution in [0.15, 0.2) is 39.7 Å². The van der Waals surface area contributed by atoms with E-state index in [0.717, 1.165) is 11.3 Å². The molecular weight excluding hydrogens is 162 g/mol. The predicted octanol–water partition coefficient (Wildman–Crippen LogP) is 2.80. The first-order valence-corrected chi connectivity index (χ1v) is 4.14. The standard InChI is InChI=1S/C10H13N3/c1-8-5-4-6-10(7-8)9(2)12-13-11-3/h4-7H,1-3H3/b12-9+,13-11?. The van der Waals surface area contributed by atoms with E-state index in [1.807, 2.05) is 19.1 Å². The van der Waals surface area contributed by atoms with Crippen LogP contribution in [0.1, 0.15) is 18.1 Å². The molecule has 0 heterocycles. The Bertz CT molecular complexity index is 340. The highest BCUT2D eigenvalue weighted by Crippen LogP contribution is 2.05. The average molecular weight is 175 g/mol. The van der Waals surface area contributed by atoms with E-state index in [2.05, 4.69) is 34.5 Å². The molecule has 0 spiro atoms. The van der Waals surface area contributed by atoms with Crippen LogP contribution >= 0.6 is 0 Å². The minimum Gasteiger partial charge on any atom is -0.172 e. The summed E-state index contributed by atoms with van der Waals surface area (Å²) in [6.45, 7) is 3.97. The summed E-state index contributed by atoms with van der Waals surface area (Å²) < 4.78 is 0. The van der Waals surface area contributed by atoms with Crippen LogP contribution < -0.4 is 0 Å². The summed E-state index contributed by atoms with van der Waals surface area (Å²) in [7, 11) is 1.60. The third kappa shape index (κ3) is 2.78. The summed E-state index contributed by atoms with van der Waals surface area (Å²) in [5.74, 6) is 0. The Morgan fingerprint density at radius 1 is 1.31 bits per heavy atom. The van der Waals surface area contributed by atoms with E-state index < -0.39 is 0 Å². The van der Waals surface area contributed by atoms with Crippen LogP contribution in [0, 0.1) is 6.92 Å². The van der Waals surface area contributed by atoms with Crippen molar-refractivity contribution in [2.45, 2.75) is 13.8 Å². The fourth-order valence-electron chi connectivity index (χ4n) is 1.04. The van der Waals surface area contributed by atoms with Gasteiger partial charge in [-0.25, -0.2) is 0 Å². The second kappa shape index (κ2) is 4.50. The summed E-state index contributed by atoms with van der Waals surface area (Å²) in [4.78, 5) is 0. The van der Waals surface area contributed by atoms with Crippen LogP contribution in [-0.2, 0) is 0 Å². The molecule has 0 aliphatic carbocycles. The summed E-state index contributed by atoms with van der Waals surface area (Å²) in [5, 5.41) is 11.1. The van der Waals surface area contributed by atoms with E-state index in [-0.39, 0.29) is 0 Å². The van der Waals surface area contributed by atoms with Gasteiger partial charge in [0, 0.05) is 0 Å². The molecule has 0 radical (unpaired) electrons. The molecule has 0 unspecified atom stereocenters. The highest BCUT2D eigenvalue weighted by Gasteiger charge is 1.95. The molecule has 0 saturated carbocycles. The van der Waals surface area contributed by atoms with Crippen LogP contribution in [-0.4, -0.2) is 12.8 Å². The van der Waals surface area contributed by atoms with Crippen LogP contribution in [0.25, 0.3) is 0 Å². The van der Waals surface area contributed by atoms with Crippen molar-refractivity contribution in [1.82, 2.24) is 0 Å². The first kappa shape index (κ1) is 9.58. The molecule has 13 heavy (non-hydrogen) atoms. The maximum Gasteiger partial charge on any atom is 0.0689 e. The van der Waals surface area contributed by atoms with Gasteiger partial charge in [-0.15, -0.1) is 5.10 Å². The van der Waals surface area contributed by atoms with Gasteiger partial charge in [-0.1, -0.05) is 29.8 Å². The Hall–Kier alpha value is -1.51. The fourth-order valence-corrected chi connectivity index (χ4v) is 1.04. The first-order chi connectivity index (χ1) is 6.24. The Labute approximate surface area is 78.2 Å². The Morgan fingerprint density at radius 2 is 2.08 bits per heavy atom. The first-order valence-electron chi connectivity index (χ1n) is 4.14. The molecule has 3 heteroatoms. The Morgan fingerprint density at radius 3 is 2.69 bits per heavy atom. The lowest BCUT2D eigenvalue weighted by Crippen LogP contribution is -1.93. The van der Waals surface area contributed by atoms with E-state index in [1.165, 1.54) is 5.56 Å². The third-order valence-corrected chi connectivity index (χ3v) is 1.72. The second-order valence-electron chi connectivity index (χ2n) is 2.84. The average Bonchev–Trinajstić information content (AvgIpc) is 2.14. The van der Waals surface area contributed by atoms with Gasteiger partial charge < -0.3 is 0 Å². The summed E-state index contributed by atoms with van der Waals surface area (Å²) >= 11 is 0. The summed E-state index contributed by atoms with van der Waals surface area (Å²) in [5.41, 5.74) is 3.20. The predicted molar refractivity (Wildman–Crippen MR) is 54.2 cm³/mol. The molecule has 0 aliphatic rings. The molecule has 0 fully saturated rings. The number of hydrogen-bond acceptors (Lipinski definition) is 2. The fraction of sp³-hybridized carbons (Fsp3) is 0.300. The molecule has 0 saturated heterocycles. The van der Waals surface area contributed by atoms with Crippen molar-refractivity contribution in [2.75, 3.05) is 7.05 Å². The molecule has 1 aromatic carbocycles. The minimum atomic E-state index is 0.884. The van der Waals surface area contributed by atoms with Crippen LogP contribution in [0.3, 0.4) is 0 Å². The van der Waals surface area contributed by atoms with Gasteiger partial charge in [0.1, 0.15) is 0 Å². The van der Waals surface area contributed by atoms with Crippen LogP contribution in [0.5, 0.6) is 0 Å². The molecule has 0 bridgehead atoms. The Balaban J connectivity index is 2.94. The van der Waals surface area contributed by atoms with Crippen molar-refractivity contribution in [1.29, 1.82) is 0 Å². The normalized spacial score (nSPS) is 12.4. The number of hydrogen-bond donors (Lipinski definition) is 0. The molecule has 3 nitrogen and oxygen atoms in total. The largest absolute Gasteiger partial charge is 0.172 e. The zero-order valence-corrected chi connectivity index (χ0v) is 8.15. The van der Waals surface area contributed by atoms with E-state index in [4.69, 9.17) is 0 Å². The zero-order valence-electron chi connectivity index (χ0n) is 8.15. The van der Waals surface area contributed by atoms with Crippen molar-refractivity contribution in [3.05, 3.63) is 35.4 Å². The van der Waals surface area contributed by atoms with Crippen LogP contribution in [0.2, 0.25) is 0 Å². The Kier molecular flexibility index (Phi) is 3.31. The molecule has 0 aromatic heterocycles. The molecule has 0 amide bonds. The summed E-state index contributed by atoms with van der Waals surface area (Å²) in [6.07, 6.45) is 0. The summed E-state index contributed by atoms with van der Waals surface area (Å²) in [6, 6.07) is 8.14. The van der Waals surface area contributed by atoms with Crippen molar-refractivity contribution < 1.29 is 0 Å². The number of aryl methyl sites for hydroxylation is 1. The van der Waals surface area contributed by atoms with Gasteiger partial charge in [0.05, 0.1) is 12.8 Å². The molecule has 0 atom stereocenters. The van der Waals surface area contributed by atoms with Gasteiger partial charge in [0.25, 0.3) is 0 Å². The molecule has 0 aliphatic heterocycles. The zero-order chi connectivity index (χ0) is 9.68. The SMILES string of the molecule is CN=N/N=C(\C)c1cccc(C)c1. The molecule has 1 aromatic rings. The molecule has 68 valence electrons. The van der Waals surface area contributed by atoms with Crippen molar-refractivity contribution in [3.8, 4) is 0 Å². The maximum absolute atomic E-state index is 3.93. The van der Waals surface area contributed by atoms with Crippen molar-refractivity contribution >= 4 is 5.71 Å². The van der Waals surface area contributed by atoms with Gasteiger partial charge >= 0.3 is 0 Å². The van der Waals surface area contributed by atoms with Gasteiger partial charge in [-0.2, -0.15) is 5.11 Å². The van der Waals surface area contributed by atoms with Gasteiger partial charge in [0.2, 0.25) is 0 Å². The number of nitrogens with zero attached hydrogens (tertiary/aromatic N) is 3. The van der Waals surface area contributed by atoms with Crippen molar-refractivity contribution in [2.24, 2.45) is 15.4 Å². The van der Waals surface area contributed by atoms with E-state index in [0.29, 0.717) is 0 Å². The second-order valence-corrected chi connectivity index (χ2v) is 2.84. The molecular formula is C10H13N3.